The molecule has 1 saturated carbocycles. The smallest absolute Gasteiger partial charge is 0.137 e. The molecule has 2 heteroatoms. The van der Waals surface area contributed by atoms with Crippen molar-refractivity contribution in [2.45, 2.75) is 69.6 Å². The zero-order valence-electron chi connectivity index (χ0n) is 35.2. The van der Waals surface area contributed by atoms with E-state index in [2.05, 4.69) is 207 Å². The molecule has 2 aliphatic rings. The first-order chi connectivity index (χ1) is 30.0. The van der Waals surface area contributed by atoms with Gasteiger partial charge in [-0.3, -0.25) is 0 Å². The van der Waals surface area contributed by atoms with Gasteiger partial charge in [-0.2, -0.15) is 0 Å². The Morgan fingerprint density at radius 3 is 1.72 bits per heavy atom. The lowest BCUT2D eigenvalue weighted by molar-refractivity contribution is 0.366. The molecule has 0 bridgehead atoms. The Morgan fingerprint density at radius 2 is 1.00 bits per heavy atom. The number of hydrogen-bond acceptors (Lipinski definition) is 2. The topological polar surface area (TPSA) is 16.4 Å². The van der Waals surface area contributed by atoms with E-state index in [1.165, 1.54) is 101 Å². The number of hydrogen-bond donors (Lipinski definition) is 0. The van der Waals surface area contributed by atoms with Gasteiger partial charge in [0.25, 0.3) is 0 Å². The van der Waals surface area contributed by atoms with Crippen molar-refractivity contribution in [3.05, 3.63) is 210 Å². The zero-order chi connectivity index (χ0) is 41.0. The number of nitrogens with zero attached hydrogens (tertiary/aromatic N) is 1. The normalized spacial score (nSPS) is 15.5. The van der Waals surface area contributed by atoms with E-state index in [4.69, 9.17) is 4.42 Å². The summed E-state index contributed by atoms with van der Waals surface area (Å²) >= 11 is 0. The quantitative estimate of drug-likeness (QED) is 0.160. The highest BCUT2D eigenvalue weighted by Crippen LogP contribution is 2.54. The van der Waals surface area contributed by atoms with Gasteiger partial charge in [0.15, 0.2) is 0 Å². The lowest BCUT2D eigenvalue weighted by Crippen LogP contribution is -2.29. The van der Waals surface area contributed by atoms with Crippen molar-refractivity contribution < 1.29 is 4.42 Å². The van der Waals surface area contributed by atoms with Crippen molar-refractivity contribution in [2.24, 2.45) is 0 Å². The molecule has 2 aliphatic carbocycles. The van der Waals surface area contributed by atoms with Gasteiger partial charge in [-0.25, -0.2) is 0 Å². The van der Waals surface area contributed by atoms with Crippen LogP contribution in [0.25, 0.3) is 55.3 Å². The molecule has 11 rings (SSSR count). The summed E-state index contributed by atoms with van der Waals surface area (Å²) in [4.78, 5) is 2.44. The minimum Gasteiger partial charge on any atom is -0.456 e. The van der Waals surface area contributed by atoms with Gasteiger partial charge in [-0.15, -0.1) is 0 Å². The molecule has 61 heavy (non-hydrogen) atoms. The molecule has 0 atom stereocenters. The first-order valence-corrected chi connectivity index (χ1v) is 22.3. The number of anilines is 3. The van der Waals surface area contributed by atoms with E-state index >= 15 is 0 Å². The van der Waals surface area contributed by atoms with Crippen molar-refractivity contribution >= 4 is 39.0 Å². The molecule has 2 nitrogen and oxygen atoms in total. The van der Waals surface area contributed by atoms with Crippen LogP contribution in [0, 0.1) is 0 Å². The maximum Gasteiger partial charge on any atom is 0.137 e. The van der Waals surface area contributed by atoms with E-state index in [9.17, 15) is 0 Å². The van der Waals surface area contributed by atoms with Crippen LogP contribution in [0.5, 0.6) is 0 Å². The van der Waals surface area contributed by atoms with E-state index in [0.717, 1.165) is 39.0 Å². The summed E-state index contributed by atoms with van der Waals surface area (Å²) in [5, 5.41) is 2.28. The van der Waals surface area contributed by atoms with Crippen LogP contribution >= 0.6 is 0 Å². The van der Waals surface area contributed by atoms with E-state index < -0.39 is 0 Å². The van der Waals surface area contributed by atoms with Crippen LogP contribution < -0.4 is 4.90 Å². The Hall–Kier alpha value is -6.64. The van der Waals surface area contributed by atoms with E-state index in [0.29, 0.717) is 0 Å². The SMILES string of the molecule is CC1(C)c2ccc(N(c3ccc(C4(c5ccccc5)CCCCCCC4)cc3)c3ccc4c(c3)oc3cccc(-c5ccccc5)c34)cc2-c2c(-c3ccccc3)cccc21. The average Bonchev–Trinajstić information content (AvgIpc) is 3.79. The molecule has 0 radical (unpaired) electrons. The van der Waals surface area contributed by atoms with Gasteiger partial charge in [0, 0.05) is 44.7 Å². The molecular weight excluding hydrogens is 739 g/mol. The summed E-state index contributed by atoms with van der Waals surface area (Å²) in [6, 6.07) is 69.7. The van der Waals surface area contributed by atoms with Crippen LogP contribution in [0.1, 0.15) is 81.0 Å². The molecule has 1 heterocycles. The van der Waals surface area contributed by atoms with Crippen molar-refractivity contribution in [2.75, 3.05) is 4.90 Å². The molecule has 0 N–H and O–H groups in total. The minimum atomic E-state index is -0.131. The van der Waals surface area contributed by atoms with E-state index in [1.54, 1.807) is 0 Å². The van der Waals surface area contributed by atoms with Crippen LogP contribution in [0.4, 0.5) is 17.1 Å². The molecule has 0 unspecified atom stereocenters. The zero-order valence-corrected chi connectivity index (χ0v) is 35.2. The minimum absolute atomic E-state index is 0.00535. The number of fused-ring (bicyclic) bond motifs is 6. The molecule has 298 valence electrons. The first kappa shape index (κ1) is 37.4. The number of furan rings is 1. The lowest BCUT2D eigenvalue weighted by atomic mass is 9.67. The molecule has 1 fully saturated rings. The monoisotopic (exact) mass is 789 g/mol. The molecule has 1 aromatic heterocycles. The fourth-order valence-electron chi connectivity index (χ4n) is 11.0. The summed E-state index contributed by atoms with van der Waals surface area (Å²) < 4.78 is 6.75. The van der Waals surface area contributed by atoms with Crippen molar-refractivity contribution in [1.29, 1.82) is 0 Å². The van der Waals surface area contributed by atoms with Gasteiger partial charge in [-0.05, 0) is 111 Å². The highest BCUT2D eigenvalue weighted by molar-refractivity contribution is 6.13. The number of rotatable bonds is 7. The van der Waals surface area contributed by atoms with Gasteiger partial charge < -0.3 is 9.32 Å². The highest BCUT2D eigenvalue weighted by Gasteiger charge is 2.38. The second kappa shape index (κ2) is 15.1. The first-order valence-electron chi connectivity index (χ1n) is 22.3. The molecule has 0 spiro atoms. The van der Waals surface area contributed by atoms with Crippen molar-refractivity contribution in [3.8, 4) is 33.4 Å². The summed E-state index contributed by atoms with van der Waals surface area (Å²) in [6.07, 6.45) is 8.82. The Kier molecular flexibility index (Phi) is 9.26. The number of benzene rings is 8. The van der Waals surface area contributed by atoms with Crippen LogP contribution in [-0.2, 0) is 10.8 Å². The summed E-state index contributed by atoms with van der Waals surface area (Å²) in [7, 11) is 0. The molecule has 0 saturated heterocycles. The third-order valence-corrected chi connectivity index (χ3v) is 14.1. The second-order valence-electron chi connectivity index (χ2n) is 17.9. The second-order valence-corrected chi connectivity index (χ2v) is 17.9. The fraction of sp³-hybridized carbons (Fsp3) is 0.186. The van der Waals surface area contributed by atoms with Crippen LogP contribution in [-0.4, -0.2) is 0 Å². The predicted molar refractivity (Wildman–Crippen MR) is 256 cm³/mol. The maximum atomic E-state index is 6.75. The van der Waals surface area contributed by atoms with Crippen LogP contribution in [0.2, 0.25) is 0 Å². The van der Waals surface area contributed by atoms with Crippen LogP contribution in [0.3, 0.4) is 0 Å². The summed E-state index contributed by atoms with van der Waals surface area (Å²) in [5.74, 6) is 0. The van der Waals surface area contributed by atoms with Gasteiger partial charge in [0.2, 0.25) is 0 Å². The fourth-order valence-corrected chi connectivity index (χ4v) is 11.0. The molecule has 0 amide bonds. The highest BCUT2D eigenvalue weighted by atomic mass is 16.3. The Bertz CT molecular complexity index is 3010. The summed E-state index contributed by atoms with van der Waals surface area (Å²) in [5.41, 5.74) is 18.1. The molecule has 8 aromatic carbocycles. The maximum absolute atomic E-state index is 6.75. The third kappa shape index (κ3) is 6.31. The Labute approximate surface area is 360 Å². The molecule has 0 aliphatic heterocycles. The largest absolute Gasteiger partial charge is 0.456 e. The Morgan fingerprint density at radius 1 is 0.426 bits per heavy atom. The average molecular weight is 790 g/mol. The predicted octanol–water partition coefficient (Wildman–Crippen LogP) is 16.7. The van der Waals surface area contributed by atoms with Gasteiger partial charge >= 0.3 is 0 Å². The van der Waals surface area contributed by atoms with Crippen molar-refractivity contribution in [3.63, 3.8) is 0 Å². The van der Waals surface area contributed by atoms with Crippen molar-refractivity contribution in [1.82, 2.24) is 0 Å². The Balaban J connectivity index is 1.09. The van der Waals surface area contributed by atoms with Gasteiger partial charge in [-0.1, -0.05) is 185 Å². The molecular formula is C59H51NO. The molecule has 9 aromatic rings. The lowest BCUT2D eigenvalue weighted by Gasteiger charge is -2.37. The van der Waals surface area contributed by atoms with E-state index in [1.807, 2.05) is 0 Å². The van der Waals surface area contributed by atoms with E-state index in [-0.39, 0.29) is 10.8 Å². The van der Waals surface area contributed by atoms with Gasteiger partial charge in [0.05, 0.1) is 0 Å². The standard InChI is InChI=1S/C59H51NO/c1-58(2)52-36-34-46(39-51(52)56-48(25-17-27-53(56)58)41-19-9-6-10-20-41)60(45-31-29-44(30-32-45)59(43-23-13-8-14-24-43)37-15-4-3-5-16-38-59)47-33-35-50-55(40-47)61-54-28-18-26-49(57(50)54)42-21-11-7-12-22-42/h6-14,17-36,39-40H,3-5,15-16,37-38H2,1-2H3. The van der Waals surface area contributed by atoms with Gasteiger partial charge in [0.1, 0.15) is 11.2 Å². The van der Waals surface area contributed by atoms with Crippen LogP contribution in [0.15, 0.2) is 192 Å². The summed E-state index contributed by atoms with van der Waals surface area (Å²) in [6.45, 7) is 4.75. The third-order valence-electron chi connectivity index (χ3n) is 14.1.